The number of pyridine rings is 1. The zero-order valence-corrected chi connectivity index (χ0v) is 13.4. The molecule has 0 saturated heterocycles. The van der Waals surface area contributed by atoms with Crippen LogP contribution in [0, 0.1) is 0 Å². The van der Waals surface area contributed by atoms with E-state index in [4.69, 9.17) is 16.6 Å². The Morgan fingerprint density at radius 3 is 2.95 bits per heavy atom. The number of fused-ring (bicyclic) bond motifs is 1. The van der Waals surface area contributed by atoms with Gasteiger partial charge in [-0.2, -0.15) is 0 Å². The van der Waals surface area contributed by atoms with Crippen molar-refractivity contribution in [1.29, 1.82) is 0 Å². The van der Waals surface area contributed by atoms with E-state index < -0.39 is 0 Å². The standard InChI is InChI=1S/C16H18ClN3S/c17-11-4-7-13(19-9-11)16-20-15-10(8-18-12-5-6-12)2-1-3-14(15)21-16/h4,7,9-10,12,18H,1-3,5-6,8H2. The lowest BCUT2D eigenvalue weighted by Crippen LogP contribution is -2.25. The van der Waals surface area contributed by atoms with Gasteiger partial charge >= 0.3 is 0 Å². The lowest BCUT2D eigenvalue weighted by atomic mass is 9.91. The van der Waals surface area contributed by atoms with Crippen molar-refractivity contribution in [2.24, 2.45) is 0 Å². The van der Waals surface area contributed by atoms with E-state index in [0.29, 0.717) is 10.9 Å². The minimum Gasteiger partial charge on any atom is -0.313 e. The molecule has 1 atom stereocenters. The van der Waals surface area contributed by atoms with Crippen LogP contribution in [-0.2, 0) is 6.42 Å². The number of nitrogens with one attached hydrogen (secondary N) is 1. The molecule has 1 unspecified atom stereocenters. The predicted molar refractivity (Wildman–Crippen MR) is 87.1 cm³/mol. The number of hydrogen-bond donors (Lipinski definition) is 1. The summed E-state index contributed by atoms with van der Waals surface area (Å²) in [7, 11) is 0. The molecule has 3 nitrogen and oxygen atoms in total. The molecule has 2 aromatic heterocycles. The molecule has 2 aliphatic rings. The predicted octanol–water partition coefficient (Wildman–Crippen LogP) is 4.03. The molecule has 0 aromatic carbocycles. The average molecular weight is 320 g/mol. The van der Waals surface area contributed by atoms with E-state index in [1.165, 1.54) is 42.7 Å². The number of rotatable bonds is 4. The molecular weight excluding hydrogens is 302 g/mol. The van der Waals surface area contributed by atoms with Gasteiger partial charge in [-0.3, -0.25) is 4.98 Å². The van der Waals surface area contributed by atoms with E-state index in [1.807, 2.05) is 12.1 Å². The van der Waals surface area contributed by atoms with E-state index in [2.05, 4.69) is 10.3 Å². The van der Waals surface area contributed by atoms with Crippen LogP contribution < -0.4 is 5.32 Å². The second-order valence-electron chi connectivity index (χ2n) is 5.96. The Morgan fingerprint density at radius 1 is 1.29 bits per heavy atom. The van der Waals surface area contributed by atoms with Crippen LogP contribution in [0.1, 0.15) is 42.2 Å². The van der Waals surface area contributed by atoms with Gasteiger partial charge in [0, 0.05) is 29.6 Å². The zero-order chi connectivity index (χ0) is 14.2. The largest absolute Gasteiger partial charge is 0.313 e. The number of halogens is 1. The van der Waals surface area contributed by atoms with E-state index in [1.54, 1.807) is 17.5 Å². The van der Waals surface area contributed by atoms with Crippen LogP contribution in [0.4, 0.5) is 0 Å². The summed E-state index contributed by atoms with van der Waals surface area (Å²) in [6, 6.07) is 4.62. The lowest BCUT2D eigenvalue weighted by Gasteiger charge is -2.21. The molecule has 1 fully saturated rings. The molecule has 5 heteroatoms. The third kappa shape index (κ3) is 2.98. The highest BCUT2D eigenvalue weighted by atomic mass is 35.5. The maximum Gasteiger partial charge on any atom is 0.142 e. The second kappa shape index (κ2) is 5.67. The van der Waals surface area contributed by atoms with Crippen molar-refractivity contribution >= 4 is 22.9 Å². The Kier molecular flexibility index (Phi) is 3.69. The fourth-order valence-corrected chi connectivity index (χ4v) is 4.19. The normalized spacial score (nSPS) is 21.3. The van der Waals surface area contributed by atoms with Gasteiger partial charge in [-0.25, -0.2) is 4.98 Å². The SMILES string of the molecule is Clc1ccc(-c2nc3c(s2)CCCC3CNC2CC2)nc1. The second-order valence-corrected chi connectivity index (χ2v) is 7.48. The molecule has 110 valence electrons. The summed E-state index contributed by atoms with van der Waals surface area (Å²) in [6.45, 7) is 1.08. The molecule has 1 saturated carbocycles. The smallest absolute Gasteiger partial charge is 0.142 e. The number of thiazole rings is 1. The van der Waals surface area contributed by atoms with Gasteiger partial charge in [-0.1, -0.05) is 11.6 Å². The first-order valence-electron chi connectivity index (χ1n) is 7.64. The number of nitrogens with zero attached hydrogens (tertiary/aromatic N) is 2. The van der Waals surface area contributed by atoms with Crippen molar-refractivity contribution in [1.82, 2.24) is 15.3 Å². The summed E-state index contributed by atoms with van der Waals surface area (Å²) in [4.78, 5) is 10.8. The monoisotopic (exact) mass is 319 g/mol. The van der Waals surface area contributed by atoms with Gasteiger partial charge in [0.2, 0.25) is 0 Å². The fourth-order valence-electron chi connectivity index (χ4n) is 2.91. The minimum absolute atomic E-state index is 0.576. The van der Waals surface area contributed by atoms with Crippen molar-refractivity contribution in [2.45, 2.75) is 44.1 Å². The Balaban J connectivity index is 1.58. The summed E-state index contributed by atoms with van der Waals surface area (Å²) >= 11 is 7.72. The van der Waals surface area contributed by atoms with Crippen molar-refractivity contribution < 1.29 is 0 Å². The van der Waals surface area contributed by atoms with Gasteiger partial charge in [0.1, 0.15) is 5.01 Å². The van der Waals surface area contributed by atoms with E-state index in [9.17, 15) is 0 Å². The van der Waals surface area contributed by atoms with Crippen LogP contribution in [0.15, 0.2) is 18.3 Å². The summed E-state index contributed by atoms with van der Waals surface area (Å²) in [5.41, 5.74) is 2.25. The van der Waals surface area contributed by atoms with E-state index in [0.717, 1.165) is 23.3 Å². The Morgan fingerprint density at radius 2 is 2.19 bits per heavy atom. The average Bonchev–Trinajstić information content (AvgIpc) is 3.22. The third-order valence-electron chi connectivity index (χ3n) is 4.25. The van der Waals surface area contributed by atoms with Crippen molar-refractivity contribution in [3.05, 3.63) is 33.9 Å². The molecular formula is C16H18ClN3S. The van der Waals surface area contributed by atoms with Crippen molar-refractivity contribution in [3.8, 4) is 10.7 Å². The van der Waals surface area contributed by atoms with Crippen molar-refractivity contribution in [3.63, 3.8) is 0 Å². The molecule has 1 N–H and O–H groups in total. The topological polar surface area (TPSA) is 37.8 Å². The molecule has 0 radical (unpaired) electrons. The summed E-state index contributed by atoms with van der Waals surface area (Å²) in [6.07, 6.45) is 8.08. The molecule has 2 aliphatic carbocycles. The molecule has 0 aliphatic heterocycles. The van der Waals surface area contributed by atoms with Crippen molar-refractivity contribution in [2.75, 3.05) is 6.54 Å². The Hall–Kier alpha value is -0.970. The van der Waals surface area contributed by atoms with Crippen LogP contribution >= 0.6 is 22.9 Å². The van der Waals surface area contributed by atoms with Crippen LogP contribution in [0.5, 0.6) is 0 Å². The lowest BCUT2D eigenvalue weighted by molar-refractivity contribution is 0.500. The summed E-state index contributed by atoms with van der Waals surface area (Å²) < 4.78 is 0. The first-order valence-corrected chi connectivity index (χ1v) is 8.84. The highest BCUT2D eigenvalue weighted by Gasteiger charge is 2.28. The fraction of sp³-hybridized carbons (Fsp3) is 0.500. The van der Waals surface area contributed by atoms with E-state index >= 15 is 0 Å². The Labute approximate surface area is 133 Å². The molecule has 0 spiro atoms. The van der Waals surface area contributed by atoms with E-state index in [-0.39, 0.29) is 0 Å². The minimum atomic E-state index is 0.576. The summed E-state index contributed by atoms with van der Waals surface area (Å²) in [5, 5.41) is 5.37. The Bertz CT molecular complexity index is 633. The maximum atomic E-state index is 5.91. The van der Waals surface area contributed by atoms with Crippen LogP contribution in [0.3, 0.4) is 0 Å². The quantitative estimate of drug-likeness (QED) is 0.924. The van der Waals surface area contributed by atoms with Gasteiger partial charge in [-0.05, 0) is 44.2 Å². The molecule has 4 rings (SSSR count). The maximum absolute atomic E-state index is 5.91. The number of aromatic nitrogens is 2. The molecule has 21 heavy (non-hydrogen) atoms. The van der Waals surface area contributed by atoms with Gasteiger partial charge in [0.15, 0.2) is 0 Å². The number of aryl methyl sites for hydroxylation is 1. The molecule has 0 amide bonds. The van der Waals surface area contributed by atoms with Crippen LogP contribution in [0.2, 0.25) is 5.02 Å². The summed E-state index contributed by atoms with van der Waals surface area (Å²) in [5.74, 6) is 0.576. The molecule has 0 bridgehead atoms. The number of hydrogen-bond acceptors (Lipinski definition) is 4. The van der Waals surface area contributed by atoms with Crippen LogP contribution in [-0.4, -0.2) is 22.6 Å². The van der Waals surface area contributed by atoms with Gasteiger partial charge in [0.05, 0.1) is 16.4 Å². The zero-order valence-electron chi connectivity index (χ0n) is 11.8. The van der Waals surface area contributed by atoms with Gasteiger partial charge in [-0.15, -0.1) is 11.3 Å². The van der Waals surface area contributed by atoms with Gasteiger partial charge < -0.3 is 5.32 Å². The van der Waals surface area contributed by atoms with Crippen LogP contribution in [0.25, 0.3) is 10.7 Å². The molecule has 2 aromatic rings. The first-order chi connectivity index (χ1) is 10.3. The van der Waals surface area contributed by atoms with Gasteiger partial charge in [0.25, 0.3) is 0 Å². The molecule has 2 heterocycles. The third-order valence-corrected chi connectivity index (χ3v) is 5.62. The highest BCUT2D eigenvalue weighted by molar-refractivity contribution is 7.15. The highest BCUT2D eigenvalue weighted by Crippen LogP contribution is 2.38. The first kappa shape index (κ1) is 13.7.